The monoisotopic (exact) mass is 348 g/mol. The number of methoxy groups -OCH3 is 1. The Bertz CT molecular complexity index is 525. The van der Waals surface area contributed by atoms with E-state index in [1.807, 2.05) is 0 Å². The number of esters is 1. The molecule has 0 aromatic heterocycles. The van der Waals surface area contributed by atoms with Crippen molar-refractivity contribution < 1.29 is 39.5 Å². The maximum Gasteiger partial charge on any atom is 0.366 e. The Labute approximate surface area is 136 Å². The molecule has 0 radical (unpaired) electrons. The van der Waals surface area contributed by atoms with E-state index in [-0.39, 0.29) is 0 Å². The van der Waals surface area contributed by atoms with Crippen molar-refractivity contribution in [2.45, 2.75) is 49.6 Å². The van der Waals surface area contributed by atoms with Crippen LogP contribution in [-0.4, -0.2) is 82.2 Å². The summed E-state index contributed by atoms with van der Waals surface area (Å²) in [4.78, 5) is 25.4. The second-order valence-electron chi connectivity index (χ2n) is 5.33. The molecule has 6 atom stereocenters. The van der Waals surface area contributed by atoms with Crippen LogP contribution in [-0.2, 0) is 19.1 Å². The first kappa shape index (κ1) is 20.1. The molecule has 0 aromatic carbocycles. The molecule has 1 saturated heterocycles. The fourth-order valence-electron chi connectivity index (χ4n) is 2.41. The van der Waals surface area contributed by atoms with E-state index in [1.165, 1.54) is 0 Å². The van der Waals surface area contributed by atoms with Crippen LogP contribution >= 0.6 is 0 Å². The third kappa shape index (κ3) is 4.54. The van der Waals surface area contributed by atoms with Crippen LogP contribution < -0.4 is 5.32 Å². The molecular formula is C12H20N4O8. The van der Waals surface area contributed by atoms with Crippen LogP contribution in [0.25, 0.3) is 10.4 Å². The normalized spacial score (nSPS) is 32.2. The van der Waals surface area contributed by atoms with Crippen molar-refractivity contribution >= 4 is 11.9 Å². The zero-order valence-corrected chi connectivity index (χ0v) is 13.1. The van der Waals surface area contributed by atoms with Crippen LogP contribution in [0.1, 0.15) is 13.3 Å². The fraction of sp³-hybridized carbons (Fsp3) is 0.833. The maximum absolute atomic E-state index is 11.7. The Morgan fingerprint density at radius 2 is 2.17 bits per heavy atom. The highest BCUT2D eigenvalue weighted by atomic mass is 16.7. The van der Waals surface area contributed by atoms with Crippen LogP contribution in [0.3, 0.4) is 0 Å². The van der Waals surface area contributed by atoms with Gasteiger partial charge >= 0.3 is 5.97 Å². The van der Waals surface area contributed by atoms with Crippen LogP contribution in [0.5, 0.6) is 0 Å². The van der Waals surface area contributed by atoms with Gasteiger partial charge in [0.1, 0.15) is 12.2 Å². The summed E-state index contributed by atoms with van der Waals surface area (Å²) in [7, 11) is 0.984. The molecule has 0 saturated carbocycles. The molecule has 5 N–H and O–H groups in total. The van der Waals surface area contributed by atoms with Gasteiger partial charge in [-0.05, 0) is 5.53 Å². The van der Waals surface area contributed by atoms with Gasteiger partial charge in [0.15, 0.2) is 0 Å². The first-order valence-electron chi connectivity index (χ1n) is 6.97. The van der Waals surface area contributed by atoms with Gasteiger partial charge in [0, 0.05) is 18.3 Å². The highest BCUT2D eigenvalue weighted by Gasteiger charge is 2.54. The summed E-state index contributed by atoms with van der Waals surface area (Å²) in [5.41, 5.74) is 8.24. The molecule has 0 aromatic rings. The Morgan fingerprint density at radius 3 is 2.67 bits per heavy atom. The highest BCUT2D eigenvalue weighted by Crippen LogP contribution is 2.31. The molecule has 12 nitrogen and oxygen atoms in total. The number of aliphatic hydroxyl groups excluding tert-OH is 3. The average Bonchev–Trinajstić information content (AvgIpc) is 2.53. The van der Waals surface area contributed by atoms with E-state index >= 15 is 0 Å². The van der Waals surface area contributed by atoms with Gasteiger partial charge in [0.25, 0.3) is 5.79 Å². The Hall–Kier alpha value is -1.95. The Balaban J connectivity index is 3.10. The van der Waals surface area contributed by atoms with E-state index in [1.54, 1.807) is 0 Å². The van der Waals surface area contributed by atoms with Gasteiger partial charge in [-0.1, -0.05) is 5.11 Å². The minimum absolute atomic E-state index is 0.531. The van der Waals surface area contributed by atoms with Gasteiger partial charge in [-0.25, -0.2) is 4.79 Å². The van der Waals surface area contributed by atoms with Gasteiger partial charge in [0.05, 0.1) is 31.9 Å². The van der Waals surface area contributed by atoms with Crippen molar-refractivity contribution in [2.75, 3.05) is 13.7 Å². The smallest absolute Gasteiger partial charge is 0.366 e. The zero-order chi connectivity index (χ0) is 18.5. The van der Waals surface area contributed by atoms with Gasteiger partial charge in [-0.15, -0.1) is 0 Å². The van der Waals surface area contributed by atoms with Crippen molar-refractivity contribution in [1.29, 1.82) is 0 Å². The van der Waals surface area contributed by atoms with Gasteiger partial charge in [-0.2, -0.15) is 0 Å². The van der Waals surface area contributed by atoms with Crippen LogP contribution in [0, 0.1) is 0 Å². The van der Waals surface area contributed by atoms with Gasteiger partial charge < -0.3 is 35.2 Å². The molecule has 0 bridgehead atoms. The number of carbonyl (C=O) groups is 2. The third-order valence-corrected chi connectivity index (χ3v) is 3.52. The molecule has 24 heavy (non-hydrogen) atoms. The van der Waals surface area contributed by atoms with Crippen LogP contribution in [0.15, 0.2) is 5.11 Å². The second-order valence-corrected chi connectivity index (χ2v) is 5.33. The summed E-state index contributed by atoms with van der Waals surface area (Å²) in [6.07, 6.45) is -7.11. The van der Waals surface area contributed by atoms with E-state index in [2.05, 4.69) is 20.1 Å². The number of hydrogen-bond acceptors (Lipinski definition) is 9. The molecule has 0 spiro atoms. The van der Waals surface area contributed by atoms with Crippen molar-refractivity contribution in [3.8, 4) is 0 Å². The average molecular weight is 348 g/mol. The molecule has 1 rings (SSSR count). The molecule has 1 fully saturated rings. The number of amides is 1. The predicted octanol–water partition coefficient (Wildman–Crippen LogP) is -2.47. The van der Waals surface area contributed by atoms with E-state index < -0.39 is 61.1 Å². The lowest BCUT2D eigenvalue weighted by Crippen LogP contribution is -2.67. The standard InChI is InChI=1S/C12H20N4O8/c1-5(17)15-8-6(18)3-12(22,11(21)23-2)24-10(8)9(20)7(19)4-14-16-13/h6-10,18-20,22H,3-4H2,1-2H3,(H,15,17)/t6?,7-,8-,9-,10?,12-/m1/s1. The number of carbonyl (C=O) groups excluding carboxylic acids is 2. The maximum atomic E-state index is 11.7. The number of azide groups is 1. The minimum atomic E-state index is -2.58. The van der Waals surface area contributed by atoms with Gasteiger partial charge in [0.2, 0.25) is 5.91 Å². The van der Waals surface area contributed by atoms with Crippen molar-refractivity contribution in [2.24, 2.45) is 5.11 Å². The molecule has 1 heterocycles. The Kier molecular flexibility index (Phi) is 6.90. The summed E-state index contributed by atoms with van der Waals surface area (Å²) in [5, 5.41) is 45.7. The lowest BCUT2D eigenvalue weighted by molar-refractivity contribution is -0.295. The first-order valence-corrected chi connectivity index (χ1v) is 6.97. The summed E-state index contributed by atoms with van der Waals surface area (Å²) in [6, 6.07) is -1.23. The van der Waals surface area contributed by atoms with Gasteiger partial charge in [-0.3, -0.25) is 4.79 Å². The molecule has 0 aliphatic carbocycles. The summed E-state index contributed by atoms with van der Waals surface area (Å²) in [5.74, 6) is -4.37. The summed E-state index contributed by atoms with van der Waals surface area (Å²) in [6.45, 7) is 0.616. The highest BCUT2D eigenvalue weighted by molar-refractivity contribution is 5.78. The van der Waals surface area contributed by atoms with Crippen molar-refractivity contribution in [1.82, 2.24) is 5.32 Å². The Morgan fingerprint density at radius 1 is 1.54 bits per heavy atom. The quantitative estimate of drug-likeness (QED) is 0.151. The topological polar surface area (TPSA) is 194 Å². The number of aliphatic hydroxyl groups is 4. The first-order chi connectivity index (χ1) is 11.2. The number of hydrogen-bond donors (Lipinski definition) is 5. The number of nitrogens with one attached hydrogen (secondary N) is 1. The summed E-state index contributed by atoms with van der Waals surface area (Å²) < 4.78 is 9.52. The second kappa shape index (κ2) is 8.24. The largest absolute Gasteiger partial charge is 0.465 e. The number of rotatable bonds is 6. The number of nitrogens with zero attached hydrogens (tertiary/aromatic N) is 3. The fourth-order valence-corrected chi connectivity index (χ4v) is 2.41. The van der Waals surface area contributed by atoms with E-state index in [0.717, 1.165) is 14.0 Å². The molecule has 1 amide bonds. The molecule has 136 valence electrons. The summed E-state index contributed by atoms with van der Waals surface area (Å²) >= 11 is 0. The minimum Gasteiger partial charge on any atom is -0.465 e. The zero-order valence-electron chi connectivity index (χ0n) is 13.1. The van der Waals surface area contributed by atoms with Crippen molar-refractivity contribution in [3.63, 3.8) is 0 Å². The molecule has 12 heteroatoms. The molecule has 2 unspecified atom stereocenters. The lowest BCUT2D eigenvalue weighted by atomic mass is 9.88. The van der Waals surface area contributed by atoms with Crippen LogP contribution in [0.2, 0.25) is 0 Å². The molecule has 1 aliphatic heterocycles. The number of ether oxygens (including phenoxy) is 2. The van der Waals surface area contributed by atoms with Crippen molar-refractivity contribution in [3.05, 3.63) is 10.4 Å². The molecule has 1 aliphatic rings. The van der Waals surface area contributed by atoms with Crippen LogP contribution in [0.4, 0.5) is 0 Å². The SMILES string of the molecule is COC(=O)[C@@]1(O)CC(O)[C@@H](NC(C)=O)C([C@H](O)[C@H](O)CN=[N+]=[N-])O1. The predicted molar refractivity (Wildman–Crippen MR) is 76.1 cm³/mol. The third-order valence-electron chi connectivity index (χ3n) is 3.52. The van der Waals surface area contributed by atoms with E-state index in [0.29, 0.717) is 0 Å². The van der Waals surface area contributed by atoms with E-state index in [9.17, 15) is 30.0 Å². The lowest BCUT2D eigenvalue weighted by Gasteiger charge is -2.45. The molecular weight excluding hydrogens is 328 g/mol. The van der Waals surface area contributed by atoms with E-state index in [4.69, 9.17) is 10.3 Å².